The van der Waals surface area contributed by atoms with Gasteiger partial charge in [-0.25, -0.2) is 9.78 Å². The van der Waals surface area contributed by atoms with Crippen LogP contribution in [0.5, 0.6) is 5.88 Å². The summed E-state index contributed by atoms with van der Waals surface area (Å²) < 4.78 is 21.1. The summed E-state index contributed by atoms with van der Waals surface area (Å²) in [5.74, 6) is -0.157. The van der Waals surface area contributed by atoms with Crippen molar-refractivity contribution in [1.82, 2.24) is 4.98 Å². The molecule has 0 radical (unpaired) electrons. The molecule has 0 N–H and O–H groups in total. The number of methoxy groups -OCH3 is 1. The second-order valence-corrected chi connectivity index (χ2v) is 3.94. The summed E-state index contributed by atoms with van der Waals surface area (Å²) in [4.78, 5) is 15.7. The van der Waals surface area contributed by atoms with Crippen LogP contribution in [0.4, 0.5) is 0 Å². The van der Waals surface area contributed by atoms with Crippen molar-refractivity contribution in [3.63, 3.8) is 0 Å². The topological polar surface area (TPSA) is 66.9 Å². The van der Waals surface area contributed by atoms with Gasteiger partial charge < -0.3 is 18.8 Å². The van der Waals surface area contributed by atoms with Gasteiger partial charge in [0.25, 0.3) is 0 Å². The van der Waals surface area contributed by atoms with Crippen molar-refractivity contribution in [2.45, 2.75) is 13.3 Å². The molecule has 19 heavy (non-hydrogen) atoms. The lowest BCUT2D eigenvalue weighted by Gasteiger charge is -2.21. The van der Waals surface area contributed by atoms with E-state index in [1.807, 2.05) is 0 Å². The molecule has 2 rings (SSSR count). The van der Waals surface area contributed by atoms with E-state index in [0.717, 1.165) is 6.42 Å². The molecule has 0 spiro atoms. The average Bonchev–Trinajstić information content (AvgIpc) is 2.47. The Morgan fingerprint density at radius 3 is 2.79 bits per heavy atom. The van der Waals surface area contributed by atoms with E-state index in [9.17, 15) is 4.79 Å². The molecule has 6 nitrogen and oxygen atoms in total. The highest BCUT2D eigenvalue weighted by atomic mass is 16.6. The predicted molar refractivity (Wildman–Crippen MR) is 68.7 cm³/mol. The minimum Gasteiger partial charge on any atom is -0.481 e. The van der Waals surface area contributed by atoms with Crippen molar-refractivity contribution in [2.24, 2.45) is 0 Å². The van der Waals surface area contributed by atoms with Gasteiger partial charge in [-0.05, 0) is 19.4 Å². The highest BCUT2D eigenvalue weighted by Gasteiger charge is 2.29. The number of aromatic nitrogens is 1. The van der Waals surface area contributed by atoms with E-state index in [1.54, 1.807) is 19.1 Å². The van der Waals surface area contributed by atoms with Crippen LogP contribution >= 0.6 is 0 Å². The lowest BCUT2D eigenvalue weighted by atomic mass is 9.78. The van der Waals surface area contributed by atoms with Crippen molar-refractivity contribution >= 4 is 18.6 Å². The third-order valence-corrected chi connectivity index (χ3v) is 2.65. The van der Waals surface area contributed by atoms with Crippen LogP contribution in [0.15, 0.2) is 12.1 Å². The Morgan fingerprint density at radius 2 is 2.16 bits per heavy atom. The molecular weight excluding hydrogens is 249 g/mol. The van der Waals surface area contributed by atoms with Crippen molar-refractivity contribution in [3.05, 3.63) is 17.8 Å². The SMILES string of the molecule is CCOC(=O)c1ccc(B2OCCCO2)c(OC)n1. The summed E-state index contributed by atoms with van der Waals surface area (Å²) in [5, 5.41) is 0. The standard InChI is InChI=1S/C12H16BNO5/c1-3-17-12(15)10-6-5-9(11(14-10)16-2)13-18-7-4-8-19-13/h5-6H,3-4,7-8H2,1-2H3. The summed E-state index contributed by atoms with van der Waals surface area (Å²) in [6.07, 6.45) is 0.868. The number of nitrogens with zero attached hydrogens (tertiary/aromatic N) is 1. The molecule has 1 aromatic rings. The second-order valence-electron chi connectivity index (χ2n) is 3.94. The zero-order valence-electron chi connectivity index (χ0n) is 11.0. The zero-order valence-corrected chi connectivity index (χ0v) is 11.0. The van der Waals surface area contributed by atoms with Crippen molar-refractivity contribution in [3.8, 4) is 5.88 Å². The van der Waals surface area contributed by atoms with E-state index in [2.05, 4.69) is 4.98 Å². The number of esters is 1. The van der Waals surface area contributed by atoms with Gasteiger partial charge in [0, 0.05) is 18.7 Å². The molecule has 0 amide bonds. The van der Waals surface area contributed by atoms with Crippen LogP contribution in [-0.4, -0.2) is 45.0 Å². The Bertz CT molecular complexity index is 448. The first kappa shape index (κ1) is 13.8. The maximum absolute atomic E-state index is 11.6. The van der Waals surface area contributed by atoms with Gasteiger partial charge >= 0.3 is 13.1 Å². The Balaban J connectivity index is 2.22. The molecule has 1 aromatic heterocycles. The van der Waals surface area contributed by atoms with E-state index in [-0.39, 0.29) is 5.69 Å². The molecule has 1 saturated heterocycles. The molecule has 1 fully saturated rings. The van der Waals surface area contributed by atoms with Gasteiger partial charge in [-0.2, -0.15) is 0 Å². The van der Waals surface area contributed by atoms with Crippen molar-refractivity contribution in [2.75, 3.05) is 26.9 Å². The first-order valence-corrected chi connectivity index (χ1v) is 6.21. The number of hydrogen-bond acceptors (Lipinski definition) is 6. The van der Waals surface area contributed by atoms with Crippen LogP contribution in [0.3, 0.4) is 0 Å². The molecule has 0 unspecified atom stereocenters. The van der Waals surface area contributed by atoms with Crippen LogP contribution in [0, 0.1) is 0 Å². The number of hydrogen-bond donors (Lipinski definition) is 0. The van der Waals surface area contributed by atoms with Crippen LogP contribution in [0.1, 0.15) is 23.8 Å². The number of carbonyl (C=O) groups excluding carboxylic acids is 1. The molecule has 7 heteroatoms. The first-order chi connectivity index (χ1) is 9.26. The summed E-state index contributed by atoms with van der Waals surface area (Å²) in [5.41, 5.74) is 0.883. The van der Waals surface area contributed by atoms with Crippen molar-refractivity contribution in [1.29, 1.82) is 0 Å². The van der Waals surface area contributed by atoms with Gasteiger partial charge in [0.15, 0.2) is 5.69 Å². The minimum absolute atomic E-state index is 0.207. The molecule has 102 valence electrons. The van der Waals surface area contributed by atoms with Gasteiger partial charge in [-0.1, -0.05) is 6.07 Å². The first-order valence-electron chi connectivity index (χ1n) is 6.21. The molecule has 1 aliphatic heterocycles. The van der Waals surface area contributed by atoms with E-state index >= 15 is 0 Å². The Labute approximate surface area is 112 Å². The van der Waals surface area contributed by atoms with Crippen LogP contribution in [-0.2, 0) is 14.0 Å². The summed E-state index contributed by atoms with van der Waals surface area (Å²) in [7, 11) is 0.997. The molecule has 2 heterocycles. The Kier molecular flexibility index (Phi) is 4.76. The molecule has 1 aliphatic rings. The summed E-state index contributed by atoms with van der Waals surface area (Å²) in [6, 6.07) is 3.30. The van der Waals surface area contributed by atoms with Crippen LogP contribution in [0.2, 0.25) is 0 Å². The van der Waals surface area contributed by atoms with Gasteiger partial charge in [0.2, 0.25) is 5.88 Å². The molecule has 0 aliphatic carbocycles. The maximum Gasteiger partial charge on any atom is 0.499 e. The lowest BCUT2D eigenvalue weighted by molar-refractivity contribution is 0.0518. The number of carbonyl (C=O) groups is 1. The molecule has 0 aromatic carbocycles. The third-order valence-electron chi connectivity index (χ3n) is 2.65. The van der Waals surface area contributed by atoms with Crippen LogP contribution in [0.25, 0.3) is 0 Å². The van der Waals surface area contributed by atoms with Gasteiger partial charge in [-0.15, -0.1) is 0 Å². The van der Waals surface area contributed by atoms with Gasteiger partial charge in [0.05, 0.1) is 13.7 Å². The van der Waals surface area contributed by atoms with E-state index in [1.165, 1.54) is 7.11 Å². The smallest absolute Gasteiger partial charge is 0.481 e. The van der Waals surface area contributed by atoms with E-state index < -0.39 is 13.1 Å². The fraction of sp³-hybridized carbons (Fsp3) is 0.500. The maximum atomic E-state index is 11.6. The fourth-order valence-corrected chi connectivity index (χ4v) is 1.78. The largest absolute Gasteiger partial charge is 0.499 e. The quantitative estimate of drug-likeness (QED) is 0.580. The molecule has 0 atom stereocenters. The highest BCUT2D eigenvalue weighted by Crippen LogP contribution is 2.11. The predicted octanol–water partition coefficient (Wildman–Crippen LogP) is 0.399. The minimum atomic E-state index is -0.493. The van der Waals surface area contributed by atoms with Gasteiger partial charge in [-0.3, -0.25) is 0 Å². The number of ether oxygens (including phenoxy) is 2. The summed E-state index contributed by atoms with van der Waals surface area (Å²) >= 11 is 0. The molecular formula is C12H16BNO5. The lowest BCUT2D eigenvalue weighted by Crippen LogP contribution is -2.42. The van der Waals surface area contributed by atoms with Crippen LogP contribution < -0.4 is 10.2 Å². The monoisotopic (exact) mass is 265 g/mol. The Morgan fingerprint density at radius 1 is 1.42 bits per heavy atom. The second kappa shape index (κ2) is 6.54. The number of rotatable bonds is 4. The normalized spacial score (nSPS) is 15.2. The van der Waals surface area contributed by atoms with E-state index in [0.29, 0.717) is 31.2 Å². The zero-order chi connectivity index (χ0) is 13.7. The number of pyridine rings is 1. The van der Waals surface area contributed by atoms with Gasteiger partial charge in [0.1, 0.15) is 0 Å². The molecule has 0 saturated carbocycles. The van der Waals surface area contributed by atoms with Crippen molar-refractivity contribution < 1.29 is 23.6 Å². The highest BCUT2D eigenvalue weighted by molar-refractivity contribution is 6.62. The fourth-order valence-electron chi connectivity index (χ4n) is 1.78. The average molecular weight is 265 g/mol. The molecule has 0 bridgehead atoms. The third kappa shape index (κ3) is 3.24. The van der Waals surface area contributed by atoms with E-state index in [4.69, 9.17) is 18.8 Å². The summed E-state index contributed by atoms with van der Waals surface area (Å²) in [6.45, 7) is 3.31. The Hall–Kier alpha value is -1.60.